The van der Waals surface area contributed by atoms with Crippen LogP contribution in [0.25, 0.3) is 0 Å². The van der Waals surface area contributed by atoms with E-state index in [0.29, 0.717) is 10.5 Å². The number of hydrogen-bond donors (Lipinski definition) is 0. The number of likely N-dealkylation sites (N-methyl/N-ethyl adjacent to an activating group) is 1. The van der Waals surface area contributed by atoms with Gasteiger partial charge in [0.1, 0.15) is 5.82 Å². The molecule has 0 aromatic heterocycles. The number of non-ortho nitro benzene ring substituents is 1. The van der Waals surface area contributed by atoms with Crippen LogP contribution in [-0.4, -0.2) is 41.1 Å². The summed E-state index contributed by atoms with van der Waals surface area (Å²) in [7, 11) is 1.49. The molecule has 0 aliphatic heterocycles. The Morgan fingerprint density at radius 1 is 1.19 bits per heavy atom. The third kappa shape index (κ3) is 6.37. The van der Waals surface area contributed by atoms with E-state index in [-0.39, 0.29) is 18.0 Å². The van der Waals surface area contributed by atoms with E-state index in [1.165, 1.54) is 42.3 Å². The summed E-state index contributed by atoms with van der Waals surface area (Å²) >= 11 is 1.14. The zero-order chi connectivity index (χ0) is 19.8. The molecule has 0 spiro atoms. The minimum atomic E-state index is -0.592. The van der Waals surface area contributed by atoms with E-state index in [0.717, 1.165) is 11.8 Å². The summed E-state index contributed by atoms with van der Waals surface area (Å²) in [4.78, 5) is 35.8. The first-order valence-electron chi connectivity index (χ1n) is 7.87. The molecule has 0 aliphatic rings. The topological polar surface area (TPSA) is 89.8 Å². The molecule has 2 aromatic rings. The lowest BCUT2D eigenvalue weighted by atomic mass is 10.2. The smallest absolute Gasteiger partial charge is 0.316 e. The van der Waals surface area contributed by atoms with Gasteiger partial charge in [-0.05, 0) is 18.2 Å². The van der Waals surface area contributed by atoms with Gasteiger partial charge >= 0.3 is 5.97 Å². The van der Waals surface area contributed by atoms with Crippen LogP contribution in [-0.2, 0) is 20.9 Å². The second-order valence-corrected chi connectivity index (χ2v) is 6.59. The summed E-state index contributed by atoms with van der Waals surface area (Å²) in [6, 6.07) is 11.9. The van der Waals surface area contributed by atoms with Crippen molar-refractivity contribution >= 4 is 29.3 Å². The number of hydrogen-bond acceptors (Lipinski definition) is 6. The van der Waals surface area contributed by atoms with Gasteiger partial charge < -0.3 is 9.64 Å². The number of rotatable bonds is 8. The lowest BCUT2D eigenvalue weighted by Gasteiger charge is -2.17. The predicted molar refractivity (Wildman–Crippen MR) is 97.7 cm³/mol. The highest BCUT2D eigenvalue weighted by Gasteiger charge is 2.14. The molecule has 0 radical (unpaired) electrons. The van der Waals surface area contributed by atoms with Gasteiger partial charge in [0.25, 0.3) is 11.6 Å². The van der Waals surface area contributed by atoms with Crippen molar-refractivity contribution in [2.75, 3.05) is 19.4 Å². The fourth-order valence-corrected chi connectivity index (χ4v) is 2.77. The maximum absolute atomic E-state index is 13.6. The standard InChI is InChI=1S/C18H17FN2O5S/c1-20(10-13-4-2-3-5-16(13)19)17(22)11-26-18(23)12-27-15-8-6-14(7-9-15)21(24)25/h2-9H,10-12H2,1H3. The molecule has 0 atom stereocenters. The summed E-state index contributed by atoms with van der Waals surface area (Å²) in [6.07, 6.45) is 0. The van der Waals surface area contributed by atoms with E-state index in [1.54, 1.807) is 18.2 Å². The van der Waals surface area contributed by atoms with Crippen molar-refractivity contribution < 1.29 is 23.6 Å². The van der Waals surface area contributed by atoms with Crippen LogP contribution in [0.3, 0.4) is 0 Å². The minimum absolute atomic E-state index is 0.0367. The van der Waals surface area contributed by atoms with Crippen molar-refractivity contribution in [2.24, 2.45) is 0 Å². The molecule has 27 heavy (non-hydrogen) atoms. The summed E-state index contributed by atoms with van der Waals surface area (Å²) in [6.45, 7) is -0.370. The number of ether oxygens (including phenoxy) is 1. The van der Waals surface area contributed by atoms with Gasteiger partial charge in [0.05, 0.1) is 10.7 Å². The lowest BCUT2D eigenvalue weighted by molar-refractivity contribution is -0.384. The zero-order valence-electron chi connectivity index (χ0n) is 14.5. The molecule has 0 N–H and O–H groups in total. The summed E-state index contributed by atoms with van der Waals surface area (Å²) in [5, 5.41) is 10.6. The quantitative estimate of drug-likeness (QED) is 0.297. The van der Waals surface area contributed by atoms with Crippen molar-refractivity contribution in [1.82, 2.24) is 4.90 Å². The molecule has 0 bridgehead atoms. The van der Waals surface area contributed by atoms with Gasteiger partial charge in [-0.2, -0.15) is 0 Å². The summed E-state index contributed by atoms with van der Waals surface area (Å²) in [5.41, 5.74) is 0.332. The van der Waals surface area contributed by atoms with Gasteiger partial charge in [-0.25, -0.2) is 4.39 Å². The number of halogens is 1. The normalized spacial score (nSPS) is 10.3. The van der Waals surface area contributed by atoms with Crippen LogP contribution in [0, 0.1) is 15.9 Å². The molecule has 7 nitrogen and oxygen atoms in total. The van der Waals surface area contributed by atoms with Crippen LogP contribution < -0.4 is 0 Å². The number of esters is 1. The van der Waals surface area contributed by atoms with Crippen LogP contribution in [0.1, 0.15) is 5.56 Å². The van der Waals surface area contributed by atoms with E-state index >= 15 is 0 Å². The Balaban J connectivity index is 1.75. The maximum atomic E-state index is 13.6. The van der Waals surface area contributed by atoms with Gasteiger partial charge in [-0.15, -0.1) is 11.8 Å². The van der Waals surface area contributed by atoms with Gasteiger partial charge in [0.15, 0.2) is 6.61 Å². The Bertz CT molecular complexity index is 829. The number of nitro benzene ring substituents is 1. The first-order valence-corrected chi connectivity index (χ1v) is 8.85. The first-order chi connectivity index (χ1) is 12.9. The molecule has 9 heteroatoms. The summed E-state index contributed by atoms with van der Waals surface area (Å²) < 4.78 is 18.5. The Labute approximate surface area is 159 Å². The molecule has 0 aliphatic carbocycles. The molecule has 1 amide bonds. The first kappa shape index (κ1) is 20.4. The molecule has 0 unspecified atom stereocenters. The molecule has 142 valence electrons. The Morgan fingerprint density at radius 3 is 2.48 bits per heavy atom. The monoisotopic (exact) mass is 392 g/mol. The number of thioether (sulfide) groups is 1. The predicted octanol–water partition coefficient (Wildman–Crippen LogP) is 3.03. The highest BCUT2D eigenvalue weighted by molar-refractivity contribution is 8.00. The Kier molecular flexibility index (Phi) is 7.30. The van der Waals surface area contributed by atoms with E-state index in [4.69, 9.17) is 4.74 Å². The average molecular weight is 392 g/mol. The number of amides is 1. The highest BCUT2D eigenvalue weighted by Crippen LogP contribution is 2.21. The number of nitrogens with zero attached hydrogens (tertiary/aromatic N) is 2. The third-order valence-corrected chi connectivity index (χ3v) is 4.54. The van der Waals surface area contributed by atoms with Crippen LogP contribution in [0.4, 0.5) is 10.1 Å². The lowest BCUT2D eigenvalue weighted by Crippen LogP contribution is -2.31. The number of carbonyl (C=O) groups excluding carboxylic acids is 2. The van der Waals surface area contributed by atoms with Crippen molar-refractivity contribution in [1.29, 1.82) is 0 Å². The van der Waals surface area contributed by atoms with Gasteiger partial charge in [-0.1, -0.05) is 18.2 Å². The number of benzene rings is 2. The van der Waals surface area contributed by atoms with Crippen molar-refractivity contribution in [3.63, 3.8) is 0 Å². The highest BCUT2D eigenvalue weighted by atomic mass is 32.2. The van der Waals surface area contributed by atoms with Crippen LogP contribution in [0.2, 0.25) is 0 Å². The second kappa shape index (κ2) is 9.67. The molecule has 0 saturated heterocycles. The van der Waals surface area contributed by atoms with Crippen LogP contribution >= 0.6 is 11.8 Å². The molecule has 0 heterocycles. The molecule has 0 saturated carbocycles. The number of nitro groups is 1. The van der Waals surface area contributed by atoms with Crippen molar-refractivity contribution in [3.05, 3.63) is 70.0 Å². The fraction of sp³-hybridized carbons (Fsp3) is 0.222. The SMILES string of the molecule is CN(Cc1ccccc1F)C(=O)COC(=O)CSc1ccc([N+](=O)[O-])cc1. The maximum Gasteiger partial charge on any atom is 0.316 e. The molecular weight excluding hydrogens is 375 g/mol. The van der Waals surface area contributed by atoms with E-state index in [2.05, 4.69) is 0 Å². The Hall–Kier alpha value is -2.94. The van der Waals surface area contributed by atoms with Crippen LogP contribution in [0.5, 0.6) is 0 Å². The van der Waals surface area contributed by atoms with Gasteiger partial charge in [-0.3, -0.25) is 19.7 Å². The molecule has 0 fully saturated rings. The molecular formula is C18H17FN2O5S. The largest absolute Gasteiger partial charge is 0.455 e. The van der Waals surface area contributed by atoms with E-state index in [1.807, 2.05) is 0 Å². The molecule has 2 aromatic carbocycles. The number of carbonyl (C=O) groups is 2. The zero-order valence-corrected chi connectivity index (χ0v) is 15.3. The van der Waals surface area contributed by atoms with E-state index in [9.17, 15) is 24.1 Å². The Morgan fingerprint density at radius 2 is 1.85 bits per heavy atom. The third-order valence-electron chi connectivity index (χ3n) is 3.55. The summed E-state index contributed by atoms with van der Waals surface area (Å²) in [5.74, 6) is -1.49. The average Bonchev–Trinajstić information content (AvgIpc) is 2.66. The fourth-order valence-electron chi connectivity index (χ4n) is 2.07. The van der Waals surface area contributed by atoms with Crippen molar-refractivity contribution in [3.8, 4) is 0 Å². The van der Waals surface area contributed by atoms with Crippen LogP contribution in [0.15, 0.2) is 53.4 Å². The van der Waals surface area contributed by atoms with Gasteiger partial charge in [0.2, 0.25) is 0 Å². The second-order valence-electron chi connectivity index (χ2n) is 5.54. The van der Waals surface area contributed by atoms with Gasteiger partial charge in [0, 0.05) is 36.2 Å². The van der Waals surface area contributed by atoms with Crippen molar-refractivity contribution in [2.45, 2.75) is 11.4 Å². The molecule has 2 rings (SSSR count). The van der Waals surface area contributed by atoms with E-state index < -0.39 is 29.2 Å². The minimum Gasteiger partial charge on any atom is -0.455 e.